The summed E-state index contributed by atoms with van der Waals surface area (Å²) >= 11 is 0. The fourth-order valence-corrected chi connectivity index (χ4v) is 2.87. The Morgan fingerprint density at radius 3 is 3.11 bits per heavy atom. The predicted octanol–water partition coefficient (Wildman–Crippen LogP) is 2.03. The number of aliphatic hydroxyl groups excluding tert-OH is 1. The lowest BCUT2D eigenvalue weighted by molar-refractivity contribution is 0.209. The maximum Gasteiger partial charge on any atom is 0.0955 e. The summed E-state index contributed by atoms with van der Waals surface area (Å²) in [4.78, 5) is 6.80. The Balaban J connectivity index is 2.03. The molecule has 1 aromatic heterocycles. The Labute approximate surface area is 112 Å². The summed E-state index contributed by atoms with van der Waals surface area (Å²) in [7, 11) is 0. The van der Waals surface area contributed by atoms with Crippen LogP contribution in [0.25, 0.3) is 10.9 Å². The quantitative estimate of drug-likeness (QED) is 0.808. The molecular weight excluding hydrogens is 238 g/mol. The zero-order valence-corrected chi connectivity index (χ0v) is 10.9. The minimum atomic E-state index is 0.261. The number of nitrogens with two attached hydrogens (primary N) is 1. The Kier molecular flexibility index (Phi) is 3.25. The number of benzene rings is 1. The molecule has 2 heterocycles. The van der Waals surface area contributed by atoms with Crippen LogP contribution in [0.4, 0.5) is 11.4 Å². The highest BCUT2D eigenvalue weighted by atomic mass is 16.3. The molecule has 100 valence electrons. The Hall–Kier alpha value is -1.81. The van der Waals surface area contributed by atoms with Crippen LogP contribution in [0.2, 0.25) is 0 Å². The molecule has 1 aliphatic heterocycles. The molecule has 4 heteroatoms. The van der Waals surface area contributed by atoms with Crippen LogP contribution in [-0.2, 0) is 0 Å². The molecule has 1 unspecified atom stereocenters. The van der Waals surface area contributed by atoms with Crippen molar-refractivity contribution in [2.24, 2.45) is 5.92 Å². The summed E-state index contributed by atoms with van der Waals surface area (Å²) in [6.07, 6.45) is 4.02. The average Bonchev–Trinajstić information content (AvgIpc) is 2.48. The van der Waals surface area contributed by atoms with Gasteiger partial charge in [-0.25, -0.2) is 0 Å². The largest absolute Gasteiger partial charge is 0.398 e. The number of fused-ring (bicyclic) bond motifs is 1. The number of anilines is 2. The fraction of sp³-hybridized carbons (Fsp3) is 0.400. The molecule has 4 nitrogen and oxygen atoms in total. The van der Waals surface area contributed by atoms with E-state index in [2.05, 4.69) is 9.88 Å². The number of aromatic nitrogens is 1. The lowest BCUT2D eigenvalue weighted by Crippen LogP contribution is -2.37. The van der Waals surface area contributed by atoms with Crippen LogP contribution < -0.4 is 10.6 Å². The zero-order valence-electron chi connectivity index (χ0n) is 10.9. The van der Waals surface area contributed by atoms with Crippen LogP contribution in [0.1, 0.15) is 12.8 Å². The van der Waals surface area contributed by atoms with Crippen molar-refractivity contribution >= 4 is 22.3 Å². The molecule has 0 amide bonds. The van der Waals surface area contributed by atoms with Crippen molar-refractivity contribution in [3.63, 3.8) is 0 Å². The van der Waals surface area contributed by atoms with Crippen LogP contribution in [0.15, 0.2) is 30.5 Å². The molecule has 0 saturated carbocycles. The number of rotatable bonds is 2. The van der Waals surface area contributed by atoms with Gasteiger partial charge < -0.3 is 15.7 Å². The standard InChI is InChI=1S/C15H19N3O/c16-13-5-6-14(15-12(13)4-1-7-17-15)18-8-2-3-11(9-18)10-19/h1,4-7,11,19H,2-3,8-10,16H2. The molecule has 1 aliphatic rings. The van der Waals surface area contributed by atoms with E-state index in [1.807, 2.05) is 24.3 Å². The van der Waals surface area contributed by atoms with Crippen LogP contribution in [0.3, 0.4) is 0 Å². The van der Waals surface area contributed by atoms with Gasteiger partial charge in [0.15, 0.2) is 0 Å². The monoisotopic (exact) mass is 257 g/mol. The van der Waals surface area contributed by atoms with Crippen LogP contribution in [0.5, 0.6) is 0 Å². The average molecular weight is 257 g/mol. The van der Waals surface area contributed by atoms with Gasteiger partial charge in [-0.3, -0.25) is 4.98 Å². The maximum absolute atomic E-state index is 9.35. The van der Waals surface area contributed by atoms with Gasteiger partial charge in [-0.05, 0) is 43.0 Å². The van der Waals surface area contributed by atoms with Crippen molar-refractivity contribution in [1.82, 2.24) is 4.98 Å². The zero-order chi connectivity index (χ0) is 13.2. The van der Waals surface area contributed by atoms with Gasteiger partial charge in [0.25, 0.3) is 0 Å². The fourth-order valence-electron chi connectivity index (χ4n) is 2.87. The molecule has 1 aromatic carbocycles. The van der Waals surface area contributed by atoms with Gasteiger partial charge in [0.1, 0.15) is 0 Å². The van der Waals surface area contributed by atoms with E-state index in [0.717, 1.165) is 48.2 Å². The Morgan fingerprint density at radius 2 is 2.26 bits per heavy atom. The van der Waals surface area contributed by atoms with Gasteiger partial charge in [0, 0.05) is 37.0 Å². The van der Waals surface area contributed by atoms with Crippen molar-refractivity contribution in [1.29, 1.82) is 0 Å². The summed E-state index contributed by atoms with van der Waals surface area (Å²) in [6, 6.07) is 7.91. The molecule has 19 heavy (non-hydrogen) atoms. The second-order valence-electron chi connectivity index (χ2n) is 5.21. The van der Waals surface area contributed by atoms with Crippen LogP contribution in [0, 0.1) is 5.92 Å². The first-order chi connectivity index (χ1) is 9.29. The first kappa shape index (κ1) is 12.2. The molecule has 0 radical (unpaired) electrons. The van der Waals surface area contributed by atoms with E-state index in [9.17, 15) is 5.11 Å². The number of aliphatic hydroxyl groups is 1. The maximum atomic E-state index is 9.35. The topological polar surface area (TPSA) is 62.4 Å². The number of nitrogens with zero attached hydrogens (tertiary/aromatic N) is 2. The van der Waals surface area contributed by atoms with Crippen molar-refractivity contribution in [3.05, 3.63) is 30.5 Å². The highest BCUT2D eigenvalue weighted by molar-refractivity contribution is 5.98. The van der Waals surface area contributed by atoms with E-state index in [0.29, 0.717) is 5.92 Å². The molecule has 3 N–H and O–H groups in total. The van der Waals surface area contributed by atoms with E-state index < -0.39 is 0 Å². The summed E-state index contributed by atoms with van der Waals surface area (Å²) in [6.45, 7) is 2.18. The summed E-state index contributed by atoms with van der Waals surface area (Å²) in [5.41, 5.74) is 8.86. The molecule has 0 aliphatic carbocycles. The van der Waals surface area contributed by atoms with E-state index in [1.54, 1.807) is 6.20 Å². The van der Waals surface area contributed by atoms with Gasteiger partial charge in [-0.1, -0.05) is 0 Å². The van der Waals surface area contributed by atoms with Crippen LogP contribution >= 0.6 is 0 Å². The van der Waals surface area contributed by atoms with E-state index >= 15 is 0 Å². The molecule has 1 atom stereocenters. The first-order valence-electron chi connectivity index (χ1n) is 6.78. The minimum absolute atomic E-state index is 0.261. The lowest BCUT2D eigenvalue weighted by atomic mass is 9.98. The SMILES string of the molecule is Nc1ccc(N2CCCC(CO)C2)c2ncccc12. The van der Waals surface area contributed by atoms with Crippen molar-refractivity contribution in [2.45, 2.75) is 12.8 Å². The molecule has 3 rings (SSSR count). The van der Waals surface area contributed by atoms with Gasteiger partial charge in [-0.15, -0.1) is 0 Å². The molecule has 0 spiro atoms. The van der Waals surface area contributed by atoms with Crippen LogP contribution in [-0.4, -0.2) is 29.8 Å². The predicted molar refractivity (Wildman–Crippen MR) is 78.2 cm³/mol. The van der Waals surface area contributed by atoms with Gasteiger partial charge >= 0.3 is 0 Å². The molecular formula is C15H19N3O. The summed E-state index contributed by atoms with van der Waals surface area (Å²) in [5.74, 6) is 0.366. The van der Waals surface area contributed by atoms with Crippen molar-refractivity contribution in [3.8, 4) is 0 Å². The van der Waals surface area contributed by atoms with Crippen molar-refractivity contribution in [2.75, 3.05) is 30.3 Å². The molecule has 1 fully saturated rings. The smallest absolute Gasteiger partial charge is 0.0955 e. The molecule has 1 saturated heterocycles. The normalized spacial score (nSPS) is 19.8. The minimum Gasteiger partial charge on any atom is -0.398 e. The third-order valence-electron chi connectivity index (χ3n) is 3.90. The first-order valence-corrected chi connectivity index (χ1v) is 6.78. The highest BCUT2D eigenvalue weighted by Crippen LogP contribution is 2.31. The second-order valence-corrected chi connectivity index (χ2v) is 5.21. The van der Waals surface area contributed by atoms with Crippen molar-refractivity contribution < 1.29 is 5.11 Å². The molecule has 2 aromatic rings. The van der Waals surface area contributed by atoms with Gasteiger partial charge in [0.05, 0.1) is 11.2 Å². The van der Waals surface area contributed by atoms with Gasteiger partial charge in [-0.2, -0.15) is 0 Å². The number of piperidine rings is 1. The number of pyridine rings is 1. The summed E-state index contributed by atoms with van der Waals surface area (Å²) < 4.78 is 0. The Morgan fingerprint density at radius 1 is 1.37 bits per heavy atom. The number of nitrogen functional groups attached to an aromatic ring is 1. The Bertz CT molecular complexity index is 585. The highest BCUT2D eigenvalue weighted by Gasteiger charge is 2.21. The number of hydrogen-bond acceptors (Lipinski definition) is 4. The van der Waals surface area contributed by atoms with E-state index in [1.165, 1.54) is 0 Å². The second kappa shape index (κ2) is 5.05. The third kappa shape index (κ3) is 2.24. The van der Waals surface area contributed by atoms with Gasteiger partial charge in [0.2, 0.25) is 0 Å². The van der Waals surface area contributed by atoms with E-state index in [4.69, 9.17) is 5.73 Å². The third-order valence-corrected chi connectivity index (χ3v) is 3.90. The summed E-state index contributed by atoms with van der Waals surface area (Å²) in [5, 5.41) is 10.4. The molecule has 0 bridgehead atoms. The van der Waals surface area contributed by atoms with E-state index in [-0.39, 0.29) is 6.61 Å². The number of hydrogen-bond donors (Lipinski definition) is 2. The lowest BCUT2D eigenvalue weighted by Gasteiger charge is -2.34.